The Balaban J connectivity index is 1.58. The van der Waals surface area contributed by atoms with Crippen molar-refractivity contribution in [1.29, 1.82) is 0 Å². The summed E-state index contributed by atoms with van der Waals surface area (Å²) in [7, 11) is 1.84. The van der Waals surface area contributed by atoms with Gasteiger partial charge in [-0.2, -0.15) is 0 Å². The molecule has 0 N–H and O–H groups in total. The van der Waals surface area contributed by atoms with Crippen molar-refractivity contribution in [2.24, 2.45) is 5.92 Å². The fraction of sp³-hybridized carbons (Fsp3) is 1.00. The standard InChI is InChI=1S/C15H27NO3/c1-17-14-3-7-16(11-13-4-9-18-10-5-13)12-15(14)6-2-8-19-15/h13-14H,2-12H2,1H3/t14-,15-/m0/s1. The molecule has 0 aliphatic carbocycles. The van der Waals surface area contributed by atoms with E-state index in [9.17, 15) is 0 Å². The van der Waals surface area contributed by atoms with E-state index >= 15 is 0 Å². The summed E-state index contributed by atoms with van der Waals surface area (Å²) < 4.78 is 17.3. The fourth-order valence-corrected chi connectivity index (χ4v) is 4.00. The first-order valence-corrected chi connectivity index (χ1v) is 7.79. The summed E-state index contributed by atoms with van der Waals surface area (Å²) in [6.45, 7) is 6.22. The van der Waals surface area contributed by atoms with Crippen molar-refractivity contribution in [2.75, 3.05) is 46.6 Å². The minimum atomic E-state index is -0.0157. The van der Waals surface area contributed by atoms with Crippen LogP contribution in [0.25, 0.3) is 0 Å². The van der Waals surface area contributed by atoms with Gasteiger partial charge in [0.25, 0.3) is 0 Å². The van der Waals surface area contributed by atoms with Crippen LogP contribution in [0.4, 0.5) is 0 Å². The van der Waals surface area contributed by atoms with Gasteiger partial charge in [0, 0.05) is 46.6 Å². The number of nitrogens with zero attached hydrogens (tertiary/aromatic N) is 1. The van der Waals surface area contributed by atoms with Crippen LogP contribution in [0.3, 0.4) is 0 Å². The third-order valence-corrected chi connectivity index (χ3v) is 5.06. The monoisotopic (exact) mass is 269 g/mol. The van der Waals surface area contributed by atoms with Crippen LogP contribution in [0, 0.1) is 5.92 Å². The molecule has 3 aliphatic heterocycles. The second kappa shape index (κ2) is 6.08. The number of methoxy groups -OCH3 is 1. The maximum atomic E-state index is 6.11. The van der Waals surface area contributed by atoms with Crippen molar-refractivity contribution < 1.29 is 14.2 Å². The van der Waals surface area contributed by atoms with Crippen molar-refractivity contribution in [3.8, 4) is 0 Å². The Morgan fingerprint density at radius 3 is 2.74 bits per heavy atom. The van der Waals surface area contributed by atoms with Gasteiger partial charge in [-0.3, -0.25) is 4.90 Å². The minimum absolute atomic E-state index is 0.0157. The van der Waals surface area contributed by atoms with Crippen molar-refractivity contribution in [3.05, 3.63) is 0 Å². The molecule has 0 aromatic rings. The molecule has 0 unspecified atom stereocenters. The Bertz CT molecular complexity index is 285. The lowest BCUT2D eigenvalue weighted by Crippen LogP contribution is -2.57. The zero-order valence-electron chi connectivity index (χ0n) is 12.1. The number of hydrogen-bond acceptors (Lipinski definition) is 4. The first-order valence-electron chi connectivity index (χ1n) is 7.79. The quantitative estimate of drug-likeness (QED) is 0.780. The van der Waals surface area contributed by atoms with Crippen LogP contribution in [-0.2, 0) is 14.2 Å². The van der Waals surface area contributed by atoms with Crippen LogP contribution in [0.2, 0.25) is 0 Å². The van der Waals surface area contributed by atoms with Gasteiger partial charge in [-0.25, -0.2) is 0 Å². The molecule has 3 fully saturated rings. The molecule has 4 nitrogen and oxygen atoms in total. The maximum Gasteiger partial charge on any atom is 0.107 e. The Hall–Kier alpha value is -0.160. The Morgan fingerprint density at radius 2 is 2.05 bits per heavy atom. The average molecular weight is 269 g/mol. The minimum Gasteiger partial charge on any atom is -0.381 e. The number of hydrogen-bond donors (Lipinski definition) is 0. The molecular weight excluding hydrogens is 242 g/mol. The molecule has 2 atom stereocenters. The fourth-order valence-electron chi connectivity index (χ4n) is 4.00. The predicted octanol–water partition coefficient (Wildman–Crippen LogP) is 1.68. The third-order valence-electron chi connectivity index (χ3n) is 5.06. The van der Waals surface area contributed by atoms with Crippen LogP contribution in [-0.4, -0.2) is 63.2 Å². The largest absolute Gasteiger partial charge is 0.381 e. The molecule has 3 saturated heterocycles. The number of piperidine rings is 1. The van der Waals surface area contributed by atoms with E-state index in [1.807, 2.05) is 7.11 Å². The molecule has 1 spiro atoms. The molecule has 110 valence electrons. The summed E-state index contributed by atoms with van der Waals surface area (Å²) in [5, 5.41) is 0. The molecule has 3 rings (SSSR count). The highest BCUT2D eigenvalue weighted by Crippen LogP contribution is 2.36. The second-order valence-electron chi connectivity index (χ2n) is 6.32. The first-order chi connectivity index (χ1) is 9.32. The lowest BCUT2D eigenvalue weighted by Gasteiger charge is -2.45. The highest BCUT2D eigenvalue weighted by molar-refractivity contribution is 4.99. The topological polar surface area (TPSA) is 30.9 Å². The van der Waals surface area contributed by atoms with Gasteiger partial charge in [0.1, 0.15) is 5.60 Å². The van der Waals surface area contributed by atoms with Crippen LogP contribution in [0.1, 0.15) is 32.1 Å². The van der Waals surface area contributed by atoms with E-state index in [1.165, 1.54) is 25.8 Å². The molecule has 0 amide bonds. The Labute approximate surface area is 116 Å². The normalized spacial score (nSPS) is 38.1. The smallest absolute Gasteiger partial charge is 0.107 e. The molecular formula is C15H27NO3. The predicted molar refractivity (Wildman–Crippen MR) is 73.3 cm³/mol. The number of rotatable bonds is 3. The Kier molecular flexibility index (Phi) is 4.42. The van der Waals surface area contributed by atoms with E-state index in [0.29, 0.717) is 6.10 Å². The maximum absolute atomic E-state index is 6.11. The van der Waals surface area contributed by atoms with Crippen molar-refractivity contribution in [2.45, 2.75) is 43.8 Å². The summed E-state index contributed by atoms with van der Waals surface area (Å²) in [5.74, 6) is 0.811. The van der Waals surface area contributed by atoms with Gasteiger partial charge in [0.2, 0.25) is 0 Å². The third kappa shape index (κ3) is 2.97. The Morgan fingerprint density at radius 1 is 1.21 bits per heavy atom. The average Bonchev–Trinajstić information content (AvgIpc) is 2.89. The summed E-state index contributed by atoms with van der Waals surface area (Å²) in [5.41, 5.74) is -0.0157. The van der Waals surface area contributed by atoms with Crippen molar-refractivity contribution >= 4 is 0 Å². The van der Waals surface area contributed by atoms with E-state index in [2.05, 4.69) is 4.90 Å². The second-order valence-corrected chi connectivity index (χ2v) is 6.32. The van der Waals surface area contributed by atoms with E-state index in [4.69, 9.17) is 14.2 Å². The molecule has 0 aromatic carbocycles. The lowest BCUT2D eigenvalue weighted by molar-refractivity contribution is -0.146. The highest BCUT2D eigenvalue weighted by atomic mass is 16.6. The SMILES string of the molecule is CO[C@H]1CCN(CC2CCOCC2)C[C@@]12CCCO2. The summed E-state index contributed by atoms with van der Waals surface area (Å²) in [4.78, 5) is 2.61. The van der Waals surface area contributed by atoms with Gasteiger partial charge >= 0.3 is 0 Å². The molecule has 3 aliphatic rings. The van der Waals surface area contributed by atoms with E-state index in [1.54, 1.807) is 0 Å². The molecule has 0 radical (unpaired) electrons. The van der Waals surface area contributed by atoms with Gasteiger partial charge < -0.3 is 14.2 Å². The van der Waals surface area contributed by atoms with Crippen LogP contribution < -0.4 is 0 Å². The zero-order chi connectivity index (χ0) is 13.1. The molecule has 0 saturated carbocycles. The van der Waals surface area contributed by atoms with Crippen LogP contribution in [0.15, 0.2) is 0 Å². The summed E-state index contributed by atoms with van der Waals surface area (Å²) in [6.07, 6.45) is 6.19. The van der Waals surface area contributed by atoms with Crippen molar-refractivity contribution in [1.82, 2.24) is 4.90 Å². The van der Waals surface area contributed by atoms with Crippen LogP contribution in [0.5, 0.6) is 0 Å². The zero-order valence-corrected chi connectivity index (χ0v) is 12.1. The molecule has 19 heavy (non-hydrogen) atoms. The lowest BCUT2D eigenvalue weighted by atomic mass is 9.86. The van der Waals surface area contributed by atoms with Gasteiger partial charge in [-0.05, 0) is 38.0 Å². The number of likely N-dealkylation sites (tertiary alicyclic amines) is 1. The first kappa shape index (κ1) is 13.8. The van der Waals surface area contributed by atoms with Gasteiger partial charge in [0.15, 0.2) is 0 Å². The van der Waals surface area contributed by atoms with Gasteiger partial charge in [0.05, 0.1) is 6.10 Å². The van der Waals surface area contributed by atoms with E-state index < -0.39 is 0 Å². The van der Waals surface area contributed by atoms with Gasteiger partial charge in [-0.1, -0.05) is 0 Å². The summed E-state index contributed by atoms with van der Waals surface area (Å²) in [6, 6.07) is 0. The van der Waals surface area contributed by atoms with Crippen molar-refractivity contribution in [3.63, 3.8) is 0 Å². The molecule has 0 aromatic heterocycles. The van der Waals surface area contributed by atoms with Gasteiger partial charge in [-0.15, -0.1) is 0 Å². The molecule has 3 heterocycles. The molecule has 0 bridgehead atoms. The highest BCUT2D eigenvalue weighted by Gasteiger charge is 2.47. The number of ether oxygens (including phenoxy) is 3. The van der Waals surface area contributed by atoms with Crippen LogP contribution >= 0.6 is 0 Å². The van der Waals surface area contributed by atoms with E-state index in [0.717, 1.165) is 51.7 Å². The summed E-state index contributed by atoms with van der Waals surface area (Å²) >= 11 is 0. The molecule has 4 heteroatoms. The van der Waals surface area contributed by atoms with E-state index in [-0.39, 0.29) is 5.60 Å².